The summed E-state index contributed by atoms with van der Waals surface area (Å²) in [4.78, 5) is 0. The van der Waals surface area contributed by atoms with E-state index in [1.165, 1.54) is 0 Å². The van der Waals surface area contributed by atoms with Crippen LogP contribution in [-0.4, -0.2) is 41.4 Å². The van der Waals surface area contributed by atoms with Gasteiger partial charge in [-0.1, -0.05) is 0 Å². The Balaban J connectivity index is 1.86. The van der Waals surface area contributed by atoms with Gasteiger partial charge in [0.25, 0.3) is 0 Å². The zero-order valence-electron chi connectivity index (χ0n) is 7.06. The molecule has 2 saturated heterocycles. The highest BCUT2D eigenvalue weighted by Gasteiger charge is 2.67. The van der Waals surface area contributed by atoms with Crippen LogP contribution in [-0.2, 0) is 14.2 Å². The molecule has 4 nitrogen and oxygen atoms in total. The second kappa shape index (κ2) is 1.85. The van der Waals surface area contributed by atoms with Crippen molar-refractivity contribution in [3.8, 4) is 0 Å². The lowest BCUT2D eigenvalue weighted by Gasteiger charge is -2.18. The van der Waals surface area contributed by atoms with E-state index in [2.05, 4.69) is 0 Å². The van der Waals surface area contributed by atoms with Crippen LogP contribution < -0.4 is 0 Å². The van der Waals surface area contributed by atoms with Gasteiger partial charge in [-0.3, -0.25) is 0 Å². The van der Waals surface area contributed by atoms with Crippen LogP contribution in [0.5, 0.6) is 0 Å². The summed E-state index contributed by atoms with van der Waals surface area (Å²) >= 11 is 0. The standard InChI is InChI=1S/C8H12O4/c1-8(2)11-5-3(9)4-6(10-4)7(5)12-8/h3-7,9H,1-2H3. The Morgan fingerprint density at radius 1 is 1.00 bits per heavy atom. The summed E-state index contributed by atoms with van der Waals surface area (Å²) < 4.78 is 16.3. The topological polar surface area (TPSA) is 51.2 Å². The minimum atomic E-state index is -0.562. The lowest BCUT2D eigenvalue weighted by atomic mass is 10.2. The van der Waals surface area contributed by atoms with Gasteiger partial charge in [0, 0.05) is 0 Å². The van der Waals surface area contributed by atoms with Gasteiger partial charge in [-0.15, -0.1) is 0 Å². The second-order valence-electron chi connectivity index (χ2n) is 4.12. The molecule has 68 valence electrons. The molecule has 1 saturated carbocycles. The molecule has 12 heavy (non-hydrogen) atoms. The Kier molecular flexibility index (Phi) is 1.12. The summed E-state index contributed by atoms with van der Waals surface area (Å²) in [6.07, 6.45) is -0.687. The molecule has 2 aliphatic heterocycles. The number of ether oxygens (including phenoxy) is 3. The van der Waals surface area contributed by atoms with Gasteiger partial charge in [-0.05, 0) is 13.8 Å². The highest BCUT2D eigenvalue weighted by molar-refractivity contribution is 5.13. The lowest BCUT2D eigenvalue weighted by molar-refractivity contribution is -0.158. The average molecular weight is 172 g/mol. The van der Waals surface area contributed by atoms with Crippen LogP contribution in [0.25, 0.3) is 0 Å². The van der Waals surface area contributed by atoms with Crippen LogP contribution in [0.15, 0.2) is 0 Å². The third-order valence-electron chi connectivity index (χ3n) is 2.72. The molecular weight excluding hydrogens is 160 g/mol. The Labute approximate surface area is 70.4 Å². The SMILES string of the molecule is CC1(C)OC2C(O)C3OC3C2O1. The monoisotopic (exact) mass is 172 g/mol. The van der Waals surface area contributed by atoms with Crippen LogP contribution in [0.4, 0.5) is 0 Å². The molecule has 0 amide bonds. The van der Waals surface area contributed by atoms with E-state index >= 15 is 0 Å². The molecule has 0 aromatic rings. The normalized spacial score (nSPS) is 59.8. The van der Waals surface area contributed by atoms with Crippen LogP contribution in [0.3, 0.4) is 0 Å². The van der Waals surface area contributed by atoms with Crippen molar-refractivity contribution < 1.29 is 19.3 Å². The van der Waals surface area contributed by atoms with Gasteiger partial charge in [-0.25, -0.2) is 0 Å². The van der Waals surface area contributed by atoms with E-state index in [0.717, 1.165) is 0 Å². The van der Waals surface area contributed by atoms with E-state index in [1.807, 2.05) is 13.8 Å². The fraction of sp³-hybridized carbons (Fsp3) is 1.00. The third kappa shape index (κ3) is 0.758. The van der Waals surface area contributed by atoms with Gasteiger partial charge < -0.3 is 19.3 Å². The summed E-state index contributed by atoms with van der Waals surface area (Å²) in [5.74, 6) is -0.562. The smallest absolute Gasteiger partial charge is 0.164 e. The highest BCUT2D eigenvalue weighted by Crippen LogP contribution is 2.48. The zero-order valence-corrected chi connectivity index (χ0v) is 7.06. The second-order valence-corrected chi connectivity index (χ2v) is 4.12. The number of hydrogen-bond donors (Lipinski definition) is 1. The molecule has 5 atom stereocenters. The molecule has 0 radical (unpaired) electrons. The number of hydrogen-bond acceptors (Lipinski definition) is 4. The molecule has 0 bridgehead atoms. The molecule has 5 unspecified atom stereocenters. The molecule has 4 heteroatoms. The Morgan fingerprint density at radius 2 is 1.67 bits per heavy atom. The quantitative estimate of drug-likeness (QED) is 0.507. The van der Waals surface area contributed by atoms with Gasteiger partial charge in [0.15, 0.2) is 5.79 Å². The summed E-state index contributed by atoms with van der Waals surface area (Å²) in [6, 6.07) is 0. The van der Waals surface area contributed by atoms with E-state index in [4.69, 9.17) is 14.2 Å². The largest absolute Gasteiger partial charge is 0.387 e. The number of epoxide rings is 1. The zero-order chi connectivity index (χ0) is 8.51. The predicted molar refractivity (Wildman–Crippen MR) is 38.5 cm³/mol. The molecule has 3 rings (SSSR count). The number of aliphatic hydroxyl groups is 1. The van der Waals surface area contributed by atoms with E-state index < -0.39 is 11.9 Å². The first kappa shape index (κ1) is 7.26. The predicted octanol–water partition coefficient (Wildman–Crippen LogP) is -0.352. The molecule has 1 aliphatic carbocycles. The van der Waals surface area contributed by atoms with E-state index in [0.29, 0.717) is 0 Å². The van der Waals surface area contributed by atoms with E-state index in [9.17, 15) is 5.11 Å². The Morgan fingerprint density at radius 3 is 2.33 bits per heavy atom. The van der Waals surface area contributed by atoms with Crippen molar-refractivity contribution in [2.45, 2.75) is 50.2 Å². The third-order valence-corrected chi connectivity index (χ3v) is 2.72. The first-order valence-electron chi connectivity index (χ1n) is 4.28. The van der Waals surface area contributed by atoms with Gasteiger partial charge in [0.05, 0.1) is 0 Å². The average Bonchev–Trinajstić information content (AvgIpc) is 2.62. The molecular formula is C8H12O4. The minimum Gasteiger partial charge on any atom is -0.387 e. The molecule has 3 fully saturated rings. The van der Waals surface area contributed by atoms with Crippen molar-refractivity contribution >= 4 is 0 Å². The van der Waals surface area contributed by atoms with Crippen molar-refractivity contribution in [3.63, 3.8) is 0 Å². The van der Waals surface area contributed by atoms with Gasteiger partial charge in [-0.2, -0.15) is 0 Å². The molecule has 2 heterocycles. The van der Waals surface area contributed by atoms with Crippen LogP contribution in [0, 0.1) is 0 Å². The van der Waals surface area contributed by atoms with Gasteiger partial charge in [0.2, 0.25) is 0 Å². The van der Waals surface area contributed by atoms with Crippen LogP contribution in [0.2, 0.25) is 0 Å². The van der Waals surface area contributed by atoms with Crippen molar-refractivity contribution in [1.82, 2.24) is 0 Å². The van der Waals surface area contributed by atoms with Crippen molar-refractivity contribution in [3.05, 3.63) is 0 Å². The van der Waals surface area contributed by atoms with E-state index in [1.54, 1.807) is 0 Å². The highest BCUT2D eigenvalue weighted by atomic mass is 16.8. The van der Waals surface area contributed by atoms with Crippen LogP contribution >= 0.6 is 0 Å². The molecule has 3 aliphatic rings. The minimum absolute atomic E-state index is 0.0314. The summed E-state index contributed by atoms with van der Waals surface area (Å²) in [6.45, 7) is 3.71. The number of aliphatic hydroxyl groups excluding tert-OH is 1. The fourth-order valence-electron chi connectivity index (χ4n) is 2.20. The fourth-order valence-corrected chi connectivity index (χ4v) is 2.20. The Bertz CT molecular complexity index is 219. The van der Waals surface area contributed by atoms with Crippen LogP contribution in [0.1, 0.15) is 13.8 Å². The van der Waals surface area contributed by atoms with Crippen molar-refractivity contribution in [2.75, 3.05) is 0 Å². The summed E-state index contributed by atoms with van der Waals surface area (Å²) in [5.41, 5.74) is 0. The number of rotatable bonds is 0. The summed E-state index contributed by atoms with van der Waals surface area (Å²) in [7, 11) is 0. The maximum Gasteiger partial charge on any atom is 0.164 e. The molecule has 1 N–H and O–H groups in total. The van der Waals surface area contributed by atoms with E-state index in [-0.39, 0.29) is 24.4 Å². The van der Waals surface area contributed by atoms with Crippen molar-refractivity contribution in [2.24, 2.45) is 0 Å². The number of fused-ring (bicyclic) bond motifs is 3. The maximum atomic E-state index is 9.61. The Hall–Kier alpha value is -0.160. The maximum absolute atomic E-state index is 9.61. The molecule has 0 aromatic carbocycles. The summed E-state index contributed by atoms with van der Waals surface area (Å²) in [5, 5.41) is 9.61. The first-order valence-corrected chi connectivity index (χ1v) is 4.28. The van der Waals surface area contributed by atoms with Crippen molar-refractivity contribution in [1.29, 1.82) is 0 Å². The van der Waals surface area contributed by atoms with Gasteiger partial charge >= 0.3 is 0 Å². The first-order chi connectivity index (χ1) is 5.58. The lowest BCUT2D eigenvalue weighted by Crippen LogP contribution is -2.33. The molecule has 0 spiro atoms. The molecule has 0 aromatic heterocycles. The van der Waals surface area contributed by atoms with Gasteiger partial charge in [0.1, 0.15) is 30.5 Å².